The molecular formula is C22H19NO5. The van der Waals surface area contributed by atoms with E-state index in [1.165, 1.54) is 13.0 Å². The molecule has 0 unspecified atom stereocenters. The summed E-state index contributed by atoms with van der Waals surface area (Å²) in [5.41, 5.74) is 2.89. The van der Waals surface area contributed by atoms with Gasteiger partial charge in [0.1, 0.15) is 5.76 Å². The molecule has 0 spiro atoms. The number of carbonyl (C=O) groups excluding carboxylic acids is 3. The summed E-state index contributed by atoms with van der Waals surface area (Å²) in [4.78, 5) is 35.4. The Morgan fingerprint density at radius 1 is 0.964 bits per heavy atom. The molecular weight excluding hydrogens is 358 g/mol. The third kappa shape index (κ3) is 4.54. The van der Waals surface area contributed by atoms with E-state index in [-0.39, 0.29) is 11.5 Å². The molecule has 0 fully saturated rings. The molecule has 1 aromatic heterocycles. The molecule has 0 atom stereocenters. The third-order valence-electron chi connectivity index (χ3n) is 4.14. The molecule has 0 radical (unpaired) electrons. The van der Waals surface area contributed by atoms with Gasteiger partial charge in [0.2, 0.25) is 5.76 Å². The Labute approximate surface area is 162 Å². The van der Waals surface area contributed by atoms with Gasteiger partial charge in [-0.05, 0) is 37.6 Å². The molecule has 142 valence electrons. The molecule has 6 heteroatoms. The predicted octanol–water partition coefficient (Wildman–Crippen LogP) is 4.25. The van der Waals surface area contributed by atoms with Crippen LogP contribution in [-0.2, 0) is 9.53 Å². The standard InChI is InChI=1S/C22H19NO5/c1-14-5-3-4-6-18(14)23-21(25)13-27-22(26)20-12-11-19(28-20)17-9-7-16(8-10-17)15(2)24/h3-12H,13H2,1-2H3,(H,23,25). The summed E-state index contributed by atoms with van der Waals surface area (Å²) >= 11 is 0. The number of ketones is 1. The minimum absolute atomic E-state index is 0.00524. The van der Waals surface area contributed by atoms with Crippen molar-refractivity contribution in [3.63, 3.8) is 0 Å². The number of Topliss-reactive ketones (excluding diaryl/α,β-unsaturated/α-hetero) is 1. The second-order valence-electron chi connectivity index (χ2n) is 6.24. The number of aryl methyl sites for hydroxylation is 1. The molecule has 0 saturated heterocycles. The number of hydrogen-bond acceptors (Lipinski definition) is 5. The van der Waals surface area contributed by atoms with Crippen LogP contribution in [-0.4, -0.2) is 24.3 Å². The van der Waals surface area contributed by atoms with Crippen molar-refractivity contribution in [2.75, 3.05) is 11.9 Å². The summed E-state index contributed by atoms with van der Waals surface area (Å²) in [6.07, 6.45) is 0. The SMILES string of the molecule is CC(=O)c1ccc(-c2ccc(C(=O)OCC(=O)Nc3ccccc3C)o2)cc1. The Morgan fingerprint density at radius 2 is 1.68 bits per heavy atom. The molecule has 3 aromatic rings. The molecule has 0 bridgehead atoms. The smallest absolute Gasteiger partial charge is 0.374 e. The summed E-state index contributed by atoms with van der Waals surface area (Å²) in [6.45, 7) is 2.94. The molecule has 0 saturated carbocycles. The predicted molar refractivity (Wildman–Crippen MR) is 104 cm³/mol. The second kappa shape index (κ2) is 8.35. The van der Waals surface area contributed by atoms with Crippen molar-refractivity contribution in [1.82, 2.24) is 0 Å². The van der Waals surface area contributed by atoms with Crippen molar-refractivity contribution in [1.29, 1.82) is 0 Å². The number of carbonyl (C=O) groups is 3. The molecule has 0 aliphatic rings. The van der Waals surface area contributed by atoms with Crippen LogP contribution in [0.25, 0.3) is 11.3 Å². The zero-order valence-corrected chi connectivity index (χ0v) is 15.5. The average Bonchev–Trinajstić information content (AvgIpc) is 3.18. The van der Waals surface area contributed by atoms with Crippen molar-refractivity contribution in [2.24, 2.45) is 0 Å². The fraction of sp³-hybridized carbons (Fsp3) is 0.136. The molecule has 28 heavy (non-hydrogen) atoms. The van der Waals surface area contributed by atoms with E-state index in [9.17, 15) is 14.4 Å². The van der Waals surface area contributed by atoms with Crippen LogP contribution in [0.15, 0.2) is 65.1 Å². The second-order valence-corrected chi connectivity index (χ2v) is 6.24. The van der Waals surface area contributed by atoms with Crippen LogP contribution in [0.4, 0.5) is 5.69 Å². The Balaban J connectivity index is 1.59. The van der Waals surface area contributed by atoms with Gasteiger partial charge in [0.15, 0.2) is 12.4 Å². The number of amides is 1. The molecule has 1 N–H and O–H groups in total. The number of nitrogens with one attached hydrogen (secondary N) is 1. The zero-order valence-electron chi connectivity index (χ0n) is 15.5. The monoisotopic (exact) mass is 377 g/mol. The molecule has 0 aliphatic heterocycles. The van der Waals surface area contributed by atoms with Crippen molar-refractivity contribution >= 4 is 23.3 Å². The summed E-state index contributed by atoms with van der Waals surface area (Å²) < 4.78 is 10.5. The van der Waals surface area contributed by atoms with Crippen LogP contribution in [0.3, 0.4) is 0 Å². The Bertz CT molecular complexity index is 1020. The van der Waals surface area contributed by atoms with Gasteiger partial charge in [-0.25, -0.2) is 4.79 Å². The fourth-order valence-corrected chi connectivity index (χ4v) is 2.57. The van der Waals surface area contributed by atoms with E-state index < -0.39 is 18.5 Å². The van der Waals surface area contributed by atoms with Crippen LogP contribution < -0.4 is 5.32 Å². The number of hydrogen-bond donors (Lipinski definition) is 1. The number of anilines is 1. The maximum absolute atomic E-state index is 12.1. The summed E-state index contributed by atoms with van der Waals surface area (Å²) in [6, 6.07) is 17.3. The number of furan rings is 1. The summed E-state index contributed by atoms with van der Waals surface area (Å²) in [7, 11) is 0. The highest BCUT2D eigenvalue weighted by molar-refractivity contribution is 5.95. The lowest BCUT2D eigenvalue weighted by atomic mass is 10.1. The highest BCUT2D eigenvalue weighted by atomic mass is 16.5. The van der Waals surface area contributed by atoms with Gasteiger partial charge in [0, 0.05) is 16.8 Å². The minimum Gasteiger partial charge on any atom is -0.450 e. The lowest BCUT2D eigenvalue weighted by Crippen LogP contribution is -2.21. The Kier molecular flexibility index (Phi) is 5.69. The van der Waals surface area contributed by atoms with E-state index in [2.05, 4.69) is 5.32 Å². The first-order valence-corrected chi connectivity index (χ1v) is 8.68. The van der Waals surface area contributed by atoms with E-state index in [1.807, 2.05) is 25.1 Å². The van der Waals surface area contributed by atoms with Gasteiger partial charge in [0.05, 0.1) is 0 Å². The number of benzene rings is 2. The van der Waals surface area contributed by atoms with Crippen LogP contribution in [0.5, 0.6) is 0 Å². The van der Waals surface area contributed by atoms with E-state index >= 15 is 0 Å². The normalized spacial score (nSPS) is 10.4. The molecule has 0 aliphatic carbocycles. The summed E-state index contributed by atoms with van der Waals surface area (Å²) in [5, 5.41) is 2.69. The Morgan fingerprint density at radius 3 is 2.36 bits per heavy atom. The van der Waals surface area contributed by atoms with Crippen molar-refractivity contribution in [2.45, 2.75) is 13.8 Å². The largest absolute Gasteiger partial charge is 0.450 e. The fourth-order valence-electron chi connectivity index (χ4n) is 2.57. The van der Waals surface area contributed by atoms with Crippen LogP contribution in [0.2, 0.25) is 0 Å². The number of para-hydroxylation sites is 1. The molecule has 3 rings (SSSR count). The molecule has 1 amide bonds. The quantitative estimate of drug-likeness (QED) is 0.513. The van der Waals surface area contributed by atoms with Crippen molar-refractivity contribution in [3.8, 4) is 11.3 Å². The van der Waals surface area contributed by atoms with Gasteiger partial charge in [-0.3, -0.25) is 9.59 Å². The lowest BCUT2D eigenvalue weighted by molar-refractivity contribution is -0.119. The Hall–Kier alpha value is -3.67. The lowest BCUT2D eigenvalue weighted by Gasteiger charge is -2.08. The van der Waals surface area contributed by atoms with Crippen LogP contribution >= 0.6 is 0 Å². The third-order valence-corrected chi connectivity index (χ3v) is 4.14. The molecule has 2 aromatic carbocycles. The van der Waals surface area contributed by atoms with Crippen molar-refractivity contribution < 1.29 is 23.5 Å². The first kappa shape index (κ1) is 19.1. The number of esters is 1. The summed E-state index contributed by atoms with van der Waals surface area (Å²) in [5.74, 6) is -0.735. The number of ether oxygens (including phenoxy) is 1. The maximum Gasteiger partial charge on any atom is 0.374 e. The topological polar surface area (TPSA) is 85.6 Å². The molecule has 6 nitrogen and oxygen atoms in total. The van der Waals surface area contributed by atoms with Gasteiger partial charge in [-0.15, -0.1) is 0 Å². The van der Waals surface area contributed by atoms with Crippen LogP contribution in [0, 0.1) is 6.92 Å². The number of rotatable bonds is 6. The van der Waals surface area contributed by atoms with Crippen molar-refractivity contribution in [3.05, 3.63) is 77.6 Å². The first-order chi connectivity index (χ1) is 13.4. The first-order valence-electron chi connectivity index (χ1n) is 8.68. The maximum atomic E-state index is 12.1. The van der Waals surface area contributed by atoms with Gasteiger partial charge in [-0.2, -0.15) is 0 Å². The van der Waals surface area contributed by atoms with Crippen LogP contribution in [0.1, 0.15) is 33.4 Å². The van der Waals surface area contributed by atoms with Gasteiger partial charge in [0.25, 0.3) is 5.91 Å². The average molecular weight is 377 g/mol. The highest BCUT2D eigenvalue weighted by Gasteiger charge is 2.16. The minimum atomic E-state index is -0.730. The van der Waals surface area contributed by atoms with E-state index in [1.54, 1.807) is 36.4 Å². The van der Waals surface area contributed by atoms with E-state index in [0.717, 1.165) is 11.1 Å². The van der Waals surface area contributed by atoms with Gasteiger partial charge in [-0.1, -0.05) is 42.5 Å². The van der Waals surface area contributed by atoms with Gasteiger partial charge < -0.3 is 14.5 Å². The van der Waals surface area contributed by atoms with Gasteiger partial charge >= 0.3 is 5.97 Å². The van der Waals surface area contributed by atoms with E-state index in [4.69, 9.17) is 9.15 Å². The zero-order chi connectivity index (χ0) is 20.1. The highest BCUT2D eigenvalue weighted by Crippen LogP contribution is 2.23. The van der Waals surface area contributed by atoms with E-state index in [0.29, 0.717) is 17.0 Å². The molecule has 1 heterocycles.